The fourth-order valence-corrected chi connectivity index (χ4v) is 2.85. The van der Waals surface area contributed by atoms with Crippen LogP contribution in [0.1, 0.15) is 16.8 Å². The molecule has 1 fully saturated rings. The number of hydrogen-bond donors (Lipinski definition) is 1. The number of benzene rings is 1. The summed E-state index contributed by atoms with van der Waals surface area (Å²) in [6.45, 7) is 2.27. The van der Waals surface area contributed by atoms with E-state index in [9.17, 15) is 9.18 Å². The van der Waals surface area contributed by atoms with Crippen molar-refractivity contribution in [1.82, 2.24) is 20.2 Å². The van der Waals surface area contributed by atoms with E-state index in [1.54, 1.807) is 4.90 Å². The highest BCUT2D eigenvalue weighted by molar-refractivity contribution is 6.04. The van der Waals surface area contributed by atoms with Crippen molar-refractivity contribution in [2.75, 3.05) is 26.7 Å². The van der Waals surface area contributed by atoms with Gasteiger partial charge in [0.15, 0.2) is 0 Å². The summed E-state index contributed by atoms with van der Waals surface area (Å²) in [5, 5.41) is 3.13. The zero-order valence-electron chi connectivity index (χ0n) is 12.7. The summed E-state index contributed by atoms with van der Waals surface area (Å²) in [4.78, 5) is 22.7. The molecule has 1 aromatic heterocycles. The molecular weight excluding hydrogens is 342 g/mol. The number of aromatic nitrogens is 2. The van der Waals surface area contributed by atoms with Crippen molar-refractivity contribution >= 4 is 41.8 Å². The summed E-state index contributed by atoms with van der Waals surface area (Å²) in [5.74, 6) is -0.180. The molecule has 0 radical (unpaired) electrons. The van der Waals surface area contributed by atoms with Crippen molar-refractivity contribution < 1.29 is 9.18 Å². The molecule has 5 nitrogen and oxygen atoms in total. The molecular formula is C15H19Cl2FN4O. The fraction of sp³-hybridized carbons (Fsp3) is 0.400. The highest BCUT2D eigenvalue weighted by Gasteiger charge is 2.28. The zero-order chi connectivity index (χ0) is 14.8. The van der Waals surface area contributed by atoms with Crippen LogP contribution in [0, 0.1) is 11.7 Å². The lowest BCUT2D eigenvalue weighted by molar-refractivity contribution is 0.0788. The van der Waals surface area contributed by atoms with Gasteiger partial charge in [-0.05, 0) is 32.0 Å². The summed E-state index contributed by atoms with van der Waals surface area (Å²) in [5.41, 5.74) is 1.16. The second-order valence-corrected chi connectivity index (χ2v) is 5.34. The lowest BCUT2D eigenvalue weighted by Gasteiger charge is -2.17. The van der Waals surface area contributed by atoms with E-state index < -0.39 is 5.82 Å². The Balaban J connectivity index is 0.00000132. The first-order valence-electron chi connectivity index (χ1n) is 7.03. The standard InChI is InChI=1S/C15H17FN4O.2ClH/c1-17-8-10-2-5-20(9-10)15(21)12-6-11(16)7-13-14(12)19-4-3-18-13;;/h3-4,6-7,10,17H,2,5,8-9H2,1H3;2*1H. The third kappa shape index (κ3) is 4.07. The Morgan fingerprint density at radius 3 is 2.83 bits per heavy atom. The third-order valence-corrected chi connectivity index (χ3v) is 3.83. The van der Waals surface area contributed by atoms with Crippen LogP contribution in [0.4, 0.5) is 4.39 Å². The average molecular weight is 361 g/mol. The van der Waals surface area contributed by atoms with E-state index in [2.05, 4.69) is 15.3 Å². The Kier molecular flexibility index (Phi) is 7.12. The van der Waals surface area contributed by atoms with Crippen LogP contribution >= 0.6 is 24.8 Å². The van der Waals surface area contributed by atoms with Gasteiger partial charge in [-0.15, -0.1) is 24.8 Å². The summed E-state index contributed by atoms with van der Waals surface area (Å²) < 4.78 is 13.7. The second kappa shape index (κ2) is 8.38. The summed E-state index contributed by atoms with van der Waals surface area (Å²) in [6, 6.07) is 2.55. The highest BCUT2D eigenvalue weighted by atomic mass is 35.5. The van der Waals surface area contributed by atoms with Crippen molar-refractivity contribution in [3.8, 4) is 0 Å². The van der Waals surface area contributed by atoms with Gasteiger partial charge in [0, 0.05) is 31.5 Å². The summed E-state index contributed by atoms with van der Waals surface area (Å²) in [7, 11) is 1.90. The van der Waals surface area contributed by atoms with Crippen molar-refractivity contribution in [2.45, 2.75) is 6.42 Å². The molecule has 2 aromatic rings. The summed E-state index contributed by atoms with van der Waals surface area (Å²) >= 11 is 0. The van der Waals surface area contributed by atoms with Crippen molar-refractivity contribution in [3.63, 3.8) is 0 Å². The number of rotatable bonds is 3. The molecule has 126 valence electrons. The van der Waals surface area contributed by atoms with Crippen LogP contribution < -0.4 is 5.32 Å². The Hall–Kier alpha value is -1.50. The molecule has 1 aliphatic rings. The molecule has 1 aromatic carbocycles. The minimum Gasteiger partial charge on any atom is -0.338 e. The van der Waals surface area contributed by atoms with Crippen molar-refractivity contribution in [2.24, 2.45) is 5.92 Å². The Bertz CT molecular complexity index is 686. The van der Waals surface area contributed by atoms with E-state index in [0.29, 0.717) is 35.6 Å². The number of likely N-dealkylation sites (tertiary alicyclic amines) is 1. The van der Waals surface area contributed by atoms with Gasteiger partial charge in [0.05, 0.1) is 11.1 Å². The van der Waals surface area contributed by atoms with Crippen LogP contribution in [-0.4, -0.2) is 47.5 Å². The van der Waals surface area contributed by atoms with Gasteiger partial charge < -0.3 is 10.2 Å². The van der Waals surface area contributed by atoms with E-state index in [1.807, 2.05) is 7.05 Å². The Labute approximate surface area is 146 Å². The Morgan fingerprint density at radius 1 is 1.35 bits per heavy atom. The van der Waals surface area contributed by atoms with E-state index in [-0.39, 0.29) is 30.7 Å². The molecule has 1 N–H and O–H groups in total. The van der Waals surface area contributed by atoms with Crippen LogP contribution in [0.3, 0.4) is 0 Å². The second-order valence-electron chi connectivity index (χ2n) is 5.34. The van der Waals surface area contributed by atoms with E-state index in [0.717, 1.165) is 13.0 Å². The van der Waals surface area contributed by atoms with E-state index in [1.165, 1.54) is 24.5 Å². The van der Waals surface area contributed by atoms with Gasteiger partial charge in [0.1, 0.15) is 11.3 Å². The Morgan fingerprint density at radius 2 is 2.09 bits per heavy atom. The van der Waals surface area contributed by atoms with Gasteiger partial charge in [0.25, 0.3) is 5.91 Å². The molecule has 1 atom stereocenters. The number of hydrogen-bond acceptors (Lipinski definition) is 4. The summed E-state index contributed by atoms with van der Waals surface area (Å²) in [6.07, 6.45) is 3.98. The first-order valence-corrected chi connectivity index (χ1v) is 7.03. The number of halogens is 3. The topological polar surface area (TPSA) is 58.1 Å². The molecule has 3 rings (SSSR count). The normalized spacial score (nSPS) is 16.8. The molecule has 0 aliphatic carbocycles. The molecule has 1 unspecified atom stereocenters. The lowest BCUT2D eigenvalue weighted by atomic mass is 10.1. The van der Waals surface area contributed by atoms with Crippen LogP contribution in [0.15, 0.2) is 24.5 Å². The van der Waals surface area contributed by atoms with Crippen LogP contribution in [0.5, 0.6) is 0 Å². The number of fused-ring (bicyclic) bond motifs is 1. The molecule has 1 saturated heterocycles. The minimum atomic E-state index is -0.461. The van der Waals surface area contributed by atoms with E-state index >= 15 is 0 Å². The van der Waals surface area contributed by atoms with Crippen LogP contribution in [0.2, 0.25) is 0 Å². The number of carbonyl (C=O) groups excluding carboxylic acids is 1. The maximum absolute atomic E-state index is 13.7. The number of carbonyl (C=O) groups is 1. The largest absolute Gasteiger partial charge is 0.338 e. The molecule has 0 saturated carbocycles. The smallest absolute Gasteiger partial charge is 0.256 e. The van der Waals surface area contributed by atoms with Gasteiger partial charge in [-0.3, -0.25) is 14.8 Å². The fourth-order valence-electron chi connectivity index (χ4n) is 2.85. The molecule has 0 bridgehead atoms. The van der Waals surface area contributed by atoms with Gasteiger partial charge in [-0.25, -0.2) is 4.39 Å². The molecule has 23 heavy (non-hydrogen) atoms. The quantitative estimate of drug-likeness (QED) is 0.912. The minimum absolute atomic E-state index is 0. The maximum Gasteiger partial charge on any atom is 0.256 e. The SMILES string of the molecule is CNCC1CCN(C(=O)c2cc(F)cc3nccnc23)C1.Cl.Cl. The van der Waals surface area contributed by atoms with Gasteiger partial charge in [-0.1, -0.05) is 0 Å². The predicted molar refractivity (Wildman–Crippen MR) is 91.9 cm³/mol. The molecule has 8 heteroatoms. The lowest BCUT2D eigenvalue weighted by Crippen LogP contribution is -2.30. The van der Waals surface area contributed by atoms with E-state index in [4.69, 9.17) is 0 Å². The van der Waals surface area contributed by atoms with Crippen LogP contribution in [0.25, 0.3) is 11.0 Å². The number of nitrogens with zero attached hydrogens (tertiary/aromatic N) is 3. The molecule has 1 aliphatic heterocycles. The number of nitrogens with one attached hydrogen (secondary N) is 1. The molecule has 1 amide bonds. The van der Waals surface area contributed by atoms with Gasteiger partial charge >= 0.3 is 0 Å². The molecule has 0 spiro atoms. The van der Waals surface area contributed by atoms with Crippen molar-refractivity contribution in [3.05, 3.63) is 35.9 Å². The van der Waals surface area contributed by atoms with Crippen LogP contribution in [-0.2, 0) is 0 Å². The van der Waals surface area contributed by atoms with Gasteiger partial charge in [-0.2, -0.15) is 0 Å². The highest BCUT2D eigenvalue weighted by Crippen LogP contribution is 2.22. The number of amides is 1. The molecule has 2 heterocycles. The average Bonchev–Trinajstić information content (AvgIpc) is 2.94. The zero-order valence-corrected chi connectivity index (χ0v) is 14.3. The van der Waals surface area contributed by atoms with Gasteiger partial charge in [0.2, 0.25) is 0 Å². The van der Waals surface area contributed by atoms with Crippen molar-refractivity contribution in [1.29, 1.82) is 0 Å². The third-order valence-electron chi connectivity index (χ3n) is 3.83. The first kappa shape index (κ1) is 19.5. The maximum atomic E-state index is 13.7. The predicted octanol–water partition coefficient (Wildman–Crippen LogP) is 2.29. The first-order chi connectivity index (χ1) is 10.2. The monoisotopic (exact) mass is 360 g/mol.